The molecule has 156 valence electrons. The fraction of sp³-hybridized carbons (Fsp3) is 0.304. The number of carbonyl (C=O) groups is 1. The largest absolute Gasteiger partial charge is 0.497 e. The molecular formula is C23H22N6O2. The van der Waals surface area contributed by atoms with Crippen molar-refractivity contribution in [2.45, 2.75) is 31.8 Å². The van der Waals surface area contributed by atoms with E-state index in [0.717, 1.165) is 41.0 Å². The SMILES string of the molecule is COc1ccc2[nH]c(C3CC4CC4N3C(=O)c3ccc(C)cc3-n3nccn3)nc2c1. The number of nitrogens with one attached hydrogen (secondary N) is 1. The lowest BCUT2D eigenvalue weighted by atomic mass is 10.1. The van der Waals surface area contributed by atoms with Crippen molar-refractivity contribution in [1.82, 2.24) is 29.9 Å². The van der Waals surface area contributed by atoms with Gasteiger partial charge in [0.15, 0.2) is 0 Å². The van der Waals surface area contributed by atoms with Crippen molar-refractivity contribution in [2.75, 3.05) is 7.11 Å². The maximum Gasteiger partial charge on any atom is 0.256 e. The van der Waals surface area contributed by atoms with Gasteiger partial charge in [-0.25, -0.2) is 4.98 Å². The molecule has 1 amide bonds. The Labute approximate surface area is 178 Å². The third kappa shape index (κ3) is 2.90. The predicted molar refractivity (Wildman–Crippen MR) is 114 cm³/mol. The Kier molecular flexibility index (Phi) is 3.89. The predicted octanol–water partition coefficient (Wildman–Crippen LogP) is 3.44. The van der Waals surface area contributed by atoms with Crippen molar-refractivity contribution in [2.24, 2.45) is 5.92 Å². The summed E-state index contributed by atoms with van der Waals surface area (Å²) in [5, 5.41) is 8.51. The summed E-state index contributed by atoms with van der Waals surface area (Å²) in [5.74, 6) is 2.13. The Bertz CT molecular complexity index is 1290. The fourth-order valence-electron chi connectivity index (χ4n) is 4.75. The Balaban J connectivity index is 1.40. The number of nitrogens with zero attached hydrogens (tertiary/aromatic N) is 5. The first-order valence-corrected chi connectivity index (χ1v) is 10.5. The van der Waals surface area contributed by atoms with Crippen molar-refractivity contribution in [3.63, 3.8) is 0 Å². The highest BCUT2D eigenvalue weighted by molar-refractivity contribution is 5.98. The first kappa shape index (κ1) is 18.1. The lowest BCUT2D eigenvalue weighted by Gasteiger charge is -2.27. The zero-order chi connectivity index (χ0) is 21.1. The summed E-state index contributed by atoms with van der Waals surface area (Å²) in [6.45, 7) is 2.00. The second-order valence-electron chi connectivity index (χ2n) is 8.37. The molecule has 4 aromatic rings. The zero-order valence-corrected chi connectivity index (χ0v) is 17.3. The second-order valence-corrected chi connectivity index (χ2v) is 8.37. The van der Waals surface area contributed by atoms with Crippen LogP contribution in [0.5, 0.6) is 5.75 Å². The maximum absolute atomic E-state index is 13.8. The molecule has 2 aromatic carbocycles. The normalized spacial score (nSPS) is 22.0. The molecule has 3 heterocycles. The molecule has 1 saturated carbocycles. The van der Waals surface area contributed by atoms with Crippen LogP contribution in [0.25, 0.3) is 16.7 Å². The minimum atomic E-state index is -0.0746. The van der Waals surface area contributed by atoms with Gasteiger partial charge in [-0.2, -0.15) is 15.0 Å². The average Bonchev–Trinajstić information content (AvgIpc) is 3.20. The highest BCUT2D eigenvalue weighted by Crippen LogP contribution is 2.53. The first-order chi connectivity index (χ1) is 15.1. The topological polar surface area (TPSA) is 88.9 Å². The van der Waals surface area contributed by atoms with E-state index >= 15 is 0 Å². The van der Waals surface area contributed by atoms with Gasteiger partial charge in [-0.15, -0.1) is 0 Å². The van der Waals surface area contributed by atoms with Gasteiger partial charge in [-0.05, 0) is 55.5 Å². The average molecular weight is 414 g/mol. The van der Waals surface area contributed by atoms with Crippen LogP contribution in [0.1, 0.15) is 40.6 Å². The summed E-state index contributed by atoms with van der Waals surface area (Å²) in [5.41, 5.74) is 4.15. The van der Waals surface area contributed by atoms with Crippen molar-refractivity contribution < 1.29 is 9.53 Å². The number of amides is 1. The van der Waals surface area contributed by atoms with Gasteiger partial charge in [0.05, 0.1) is 47.8 Å². The molecule has 8 heteroatoms. The van der Waals surface area contributed by atoms with E-state index in [2.05, 4.69) is 15.2 Å². The van der Waals surface area contributed by atoms with Gasteiger partial charge in [0.25, 0.3) is 5.91 Å². The Hall–Kier alpha value is -3.68. The number of H-pyrrole nitrogens is 1. The van der Waals surface area contributed by atoms with E-state index in [4.69, 9.17) is 9.72 Å². The quantitative estimate of drug-likeness (QED) is 0.553. The second kappa shape index (κ2) is 6.66. The summed E-state index contributed by atoms with van der Waals surface area (Å²) in [4.78, 5) is 25.6. The van der Waals surface area contributed by atoms with Gasteiger partial charge in [-0.3, -0.25) is 4.79 Å². The lowest BCUT2D eigenvalue weighted by Crippen LogP contribution is -2.35. The van der Waals surface area contributed by atoms with Gasteiger partial charge in [-0.1, -0.05) is 6.07 Å². The highest BCUT2D eigenvalue weighted by atomic mass is 16.5. The summed E-state index contributed by atoms with van der Waals surface area (Å²) in [6.07, 6.45) is 5.22. The van der Waals surface area contributed by atoms with Crippen molar-refractivity contribution >= 4 is 16.9 Å². The molecule has 2 fully saturated rings. The van der Waals surface area contributed by atoms with Gasteiger partial charge in [0, 0.05) is 12.1 Å². The highest BCUT2D eigenvalue weighted by Gasteiger charge is 2.55. The minimum Gasteiger partial charge on any atom is -0.497 e. The number of aromatic amines is 1. The molecule has 31 heavy (non-hydrogen) atoms. The Morgan fingerprint density at radius 1 is 1.13 bits per heavy atom. The van der Waals surface area contributed by atoms with Crippen LogP contribution in [0.15, 0.2) is 48.8 Å². The smallest absolute Gasteiger partial charge is 0.256 e. The first-order valence-electron chi connectivity index (χ1n) is 10.5. The van der Waals surface area contributed by atoms with E-state index in [1.807, 2.05) is 48.2 Å². The van der Waals surface area contributed by atoms with Gasteiger partial charge in [0.2, 0.25) is 0 Å². The molecule has 1 N–H and O–H groups in total. The van der Waals surface area contributed by atoms with E-state index in [1.165, 1.54) is 4.80 Å². The molecule has 1 saturated heterocycles. The number of piperidine rings is 1. The van der Waals surface area contributed by atoms with E-state index < -0.39 is 0 Å². The van der Waals surface area contributed by atoms with E-state index in [-0.39, 0.29) is 18.0 Å². The summed E-state index contributed by atoms with van der Waals surface area (Å²) in [6, 6.07) is 11.8. The third-order valence-corrected chi connectivity index (χ3v) is 6.38. The van der Waals surface area contributed by atoms with Gasteiger partial charge in [0.1, 0.15) is 11.6 Å². The molecule has 1 aliphatic carbocycles. The number of rotatable bonds is 4. The number of aromatic nitrogens is 5. The lowest BCUT2D eigenvalue weighted by molar-refractivity contribution is 0.0692. The molecule has 0 radical (unpaired) electrons. The Morgan fingerprint density at radius 3 is 2.77 bits per heavy atom. The van der Waals surface area contributed by atoms with E-state index in [0.29, 0.717) is 17.2 Å². The fourth-order valence-corrected chi connectivity index (χ4v) is 4.75. The monoisotopic (exact) mass is 414 g/mol. The van der Waals surface area contributed by atoms with Crippen molar-refractivity contribution in [3.8, 4) is 11.4 Å². The van der Waals surface area contributed by atoms with Crippen LogP contribution in [0.4, 0.5) is 0 Å². The van der Waals surface area contributed by atoms with Crippen LogP contribution in [-0.4, -0.2) is 48.9 Å². The number of aryl methyl sites for hydroxylation is 1. The number of fused-ring (bicyclic) bond motifs is 2. The van der Waals surface area contributed by atoms with Crippen molar-refractivity contribution in [3.05, 3.63) is 65.7 Å². The van der Waals surface area contributed by atoms with Crippen LogP contribution < -0.4 is 4.74 Å². The molecule has 8 nitrogen and oxygen atoms in total. The summed E-state index contributed by atoms with van der Waals surface area (Å²) in [7, 11) is 1.65. The van der Waals surface area contributed by atoms with Gasteiger partial charge < -0.3 is 14.6 Å². The molecular weight excluding hydrogens is 392 g/mol. The van der Waals surface area contributed by atoms with Crippen molar-refractivity contribution in [1.29, 1.82) is 0 Å². The molecule has 3 unspecified atom stereocenters. The van der Waals surface area contributed by atoms with Crippen LogP contribution in [0.3, 0.4) is 0 Å². The number of hydrogen-bond acceptors (Lipinski definition) is 5. The molecule has 1 aliphatic heterocycles. The van der Waals surface area contributed by atoms with Crippen LogP contribution >= 0.6 is 0 Å². The van der Waals surface area contributed by atoms with Crippen LogP contribution in [0, 0.1) is 12.8 Å². The summed E-state index contributed by atoms with van der Waals surface area (Å²) < 4.78 is 5.32. The number of methoxy groups -OCH3 is 1. The number of carbonyl (C=O) groups excluding carboxylic acids is 1. The zero-order valence-electron chi connectivity index (χ0n) is 17.3. The number of imidazole rings is 1. The molecule has 2 aliphatic rings. The van der Waals surface area contributed by atoms with E-state index in [9.17, 15) is 4.79 Å². The molecule has 0 spiro atoms. The molecule has 3 atom stereocenters. The third-order valence-electron chi connectivity index (χ3n) is 6.38. The minimum absolute atomic E-state index is 0.000312. The van der Waals surface area contributed by atoms with E-state index in [1.54, 1.807) is 19.5 Å². The van der Waals surface area contributed by atoms with Gasteiger partial charge >= 0.3 is 0 Å². The Morgan fingerprint density at radius 2 is 1.97 bits per heavy atom. The molecule has 2 aromatic heterocycles. The standard InChI is InChI=1S/C23H22N6O2/c1-13-3-5-16(20(9-13)29-24-7-8-25-29)23(30)28-19-10-14(19)11-21(28)22-26-17-6-4-15(31-2)12-18(17)27-22/h3-9,12,14,19,21H,10-11H2,1-2H3,(H,26,27). The number of hydrogen-bond donors (Lipinski definition) is 1. The number of benzene rings is 2. The number of likely N-dealkylation sites (tertiary alicyclic amines) is 1. The summed E-state index contributed by atoms with van der Waals surface area (Å²) >= 11 is 0. The molecule has 6 rings (SSSR count). The molecule has 0 bridgehead atoms. The number of ether oxygens (including phenoxy) is 1. The maximum atomic E-state index is 13.8. The van der Waals surface area contributed by atoms with Crippen LogP contribution in [-0.2, 0) is 0 Å². The van der Waals surface area contributed by atoms with Crippen LogP contribution in [0.2, 0.25) is 0 Å².